The number of nitrogens with zero attached hydrogens (tertiary/aromatic N) is 2. The zero-order chi connectivity index (χ0) is 18.8. The molecule has 1 heterocycles. The molecule has 3 rings (SSSR count). The van der Waals surface area contributed by atoms with E-state index in [1.165, 1.54) is 19.1 Å². The van der Waals surface area contributed by atoms with E-state index in [-0.39, 0.29) is 16.8 Å². The summed E-state index contributed by atoms with van der Waals surface area (Å²) in [7, 11) is 2.02. The number of hydrogen-bond acceptors (Lipinski definition) is 3. The Morgan fingerprint density at radius 2 is 1.69 bits per heavy atom. The number of anilines is 2. The third-order valence-electron chi connectivity index (χ3n) is 4.54. The second-order valence-electron chi connectivity index (χ2n) is 6.49. The van der Waals surface area contributed by atoms with Crippen molar-refractivity contribution in [1.82, 2.24) is 4.90 Å². The minimum absolute atomic E-state index is 0.162. The van der Waals surface area contributed by atoms with Gasteiger partial charge in [-0.15, -0.1) is 0 Å². The van der Waals surface area contributed by atoms with Crippen molar-refractivity contribution in [3.05, 3.63) is 58.9 Å². The predicted molar refractivity (Wildman–Crippen MR) is 95.2 cm³/mol. The fraction of sp³-hybridized carbons (Fsp3) is 0.316. The van der Waals surface area contributed by atoms with E-state index in [0.29, 0.717) is 11.8 Å². The molecule has 0 aromatic heterocycles. The molecule has 7 heteroatoms. The van der Waals surface area contributed by atoms with Gasteiger partial charge in [0.2, 0.25) is 0 Å². The van der Waals surface area contributed by atoms with Crippen LogP contribution in [0.2, 0.25) is 0 Å². The average Bonchev–Trinajstić information content (AvgIpc) is 2.59. The molecule has 0 atom stereocenters. The normalized spacial score (nSPS) is 15.2. The first-order valence-electron chi connectivity index (χ1n) is 8.35. The quantitative estimate of drug-likeness (QED) is 0.908. The second kappa shape index (κ2) is 7.37. The van der Waals surface area contributed by atoms with E-state index in [1.807, 2.05) is 11.9 Å². The number of hydrogen-bond donors (Lipinski definition) is 1. The van der Waals surface area contributed by atoms with Gasteiger partial charge in [0, 0.05) is 32.2 Å². The molecule has 1 aliphatic rings. The average molecular weight is 363 g/mol. The van der Waals surface area contributed by atoms with Crippen molar-refractivity contribution in [2.24, 2.45) is 0 Å². The van der Waals surface area contributed by atoms with Crippen LogP contribution in [0.1, 0.15) is 15.9 Å². The zero-order valence-electron chi connectivity index (χ0n) is 14.7. The molecule has 0 aliphatic carbocycles. The first-order valence-corrected chi connectivity index (χ1v) is 8.35. The summed E-state index contributed by atoms with van der Waals surface area (Å²) in [6.07, 6.45) is 0. The molecule has 1 aliphatic heterocycles. The topological polar surface area (TPSA) is 35.6 Å². The van der Waals surface area contributed by atoms with Gasteiger partial charge < -0.3 is 15.1 Å². The van der Waals surface area contributed by atoms with Gasteiger partial charge in [0.1, 0.15) is 17.5 Å². The molecule has 1 saturated heterocycles. The van der Waals surface area contributed by atoms with Crippen molar-refractivity contribution in [2.75, 3.05) is 43.4 Å². The third-order valence-corrected chi connectivity index (χ3v) is 4.54. The summed E-state index contributed by atoms with van der Waals surface area (Å²) in [6.45, 7) is 4.60. The van der Waals surface area contributed by atoms with Crippen molar-refractivity contribution < 1.29 is 18.0 Å². The molecule has 0 saturated carbocycles. The number of piperazine rings is 1. The Bertz CT molecular complexity index is 833. The maximum absolute atomic E-state index is 14.0. The maximum Gasteiger partial charge on any atom is 0.258 e. The van der Waals surface area contributed by atoms with E-state index in [1.54, 1.807) is 6.07 Å². The van der Waals surface area contributed by atoms with Crippen molar-refractivity contribution >= 4 is 17.3 Å². The SMILES string of the molecule is Cc1cc(C(=O)Nc2cc(F)ccc2N2CCN(C)CC2)c(F)cc1F. The standard InChI is InChI=1S/C19H20F3N3O/c1-12-9-14(16(22)11-15(12)21)19(26)23-17-10-13(20)3-4-18(17)25-7-5-24(2)6-8-25/h3-4,9-11H,5-8H2,1-2H3,(H,23,26). The molecule has 0 bridgehead atoms. The van der Waals surface area contributed by atoms with Gasteiger partial charge in [-0.25, -0.2) is 13.2 Å². The molecule has 1 fully saturated rings. The van der Waals surface area contributed by atoms with Crippen molar-refractivity contribution in [1.29, 1.82) is 0 Å². The molecule has 0 spiro atoms. The Morgan fingerprint density at radius 1 is 1.00 bits per heavy atom. The first kappa shape index (κ1) is 18.3. The van der Waals surface area contributed by atoms with Gasteiger partial charge in [0.05, 0.1) is 16.9 Å². The zero-order valence-corrected chi connectivity index (χ0v) is 14.7. The summed E-state index contributed by atoms with van der Waals surface area (Å²) < 4.78 is 41.1. The Kier molecular flexibility index (Phi) is 5.18. The number of likely N-dealkylation sites (N-methyl/N-ethyl adjacent to an activating group) is 1. The number of benzene rings is 2. The summed E-state index contributed by atoms with van der Waals surface area (Å²) in [4.78, 5) is 16.7. The van der Waals surface area contributed by atoms with Crippen LogP contribution in [-0.4, -0.2) is 44.0 Å². The van der Waals surface area contributed by atoms with Crippen LogP contribution in [0.5, 0.6) is 0 Å². The maximum atomic E-state index is 14.0. The van der Waals surface area contributed by atoms with Gasteiger partial charge in [-0.05, 0) is 43.8 Å². The number of aryl methyl sites for hydroxylation is 1. The minimum atomic E-state index is -0.955. The summed E-state index contributed by atoms with van der Waals surface area (Å²) in [5, 5.41) is 2.57. The number of rotatable bonds is 3. The van der Waals surface area contributed by atoms with E-state index in [0.717, 1.165) is 32.2 Å². The molecule has 4 nitrogen and oxygen atoms in total. The monoisotopic (exact) mass is 363 g/mol. The number of carbonyl (C=O) groups excluding carboxylic acids is 1. The van der Waals surface area contributed by atoms with Crippen LogP contribution >= 0.6 is 0 Å². The summed E-state index contributed by atoms with van der Waals surface area (Å²) in [6, 6.07) is 5.96. The van der Waals surface area contributed by atoms with Gasteiger partial charge in [-0.2, -0.15) is 0 Å². The number of halogens is 3. The molecule has 138 valence electrons. The molecule has 26 heavy (non-hydrogen) atoms. The van der Waals surface area contributed by atoms with Gasteiger partial charge >= 0.3 is 0 Å². The first-order chi connectivity index (χ1) is 12.3. The van der Waals surface area contributed by atoms with E-state index >= 15 is 0 Å². The van der Waals surface area contributed by atoms with Crippen LogP contribution in [0.3, 0.4) is 0 Å². The number of amides is 1. The highest BCUT2D eigenvalue weighted by Crippen LogP contribution is 2.28. The number of nitrogens with one attached hydrogen (secondary N) is 1. The van der Waals surface area contributed by atoms with E-state index < -0.39 is 23.4 Å². The van der Waals surface area contributed by atoms with E-state index in [2.05, 4.69) is 10.2 Å². The Hall–Kier alpha value is -2.54. The van der Waals surface area contributed by atoms with Crippen LogP contribution in [-0.2, 0) is 0 Å². The van der Waals surface area contributed by atoms with Crippen LogP contribution in [0.4, 0.5) is 24.5 Å². The van der Waals surface area contributed by atoms with E-state index in [4.69, 9.17) is 0 Å². The highest BCUT2D eigenvalue weighted by atomic mass is 19.1. The molecule has 1 amide bonds. The Morgan fingerprint density at radius 3 is 2.38 bits per heavy atom. The molecular weight excluding hydrogens is 343 g/mol. The van der Waals surface area contributed by atoms with Crippen LogP contribution < -0.4 is 10.2 Å². The highest BCUT2D eigenvalue weighted by molar-refractivity contribution is 6.06. The van der Waals surface area contributed by atoms with Crippen LogP contribution in [0.25, 0.3) is 0 Å². The fourth-order valence-corrected chi connectivity index (χ4v) is 2.95. The largest absolute Gasteiger partial charge is 0.367 e. The molecular formula is C19H20F3N3O. The summed E-state index contributed by atoms with van der Waals surface area (Å²) in [5.74, 6) is -2.92. The summed E-state index contributed by atoms with van der Waals surface area (Å²) in [5.41, 5.74) is 0.820. The van der Waals surface area contributed by atoms with Gasteiger partial charge in [-0.1, -0.05) is 0 Å². The molecule has 0 radical (unpaired) electrons. The minimum Gasteiger partial charge on any atom is -0.367 e. The lowest BCUT2D eigenvalue weighted by Gasteiger charge is -2.35. The van der Waals surface area contributed by atoms with Gasteiger partial charge in [0.15, 0.2) is 0 Å². The van der Waals surface area contributed by atoms with Crippen LogP contribution in [0.15, 0.2) is 30.3 Å². The lowest BCUT2D eigenvalue weighted by Crippen LogP contribution is -2.44. The molecule has 2 aromatic rings. The van der Waals surface area contributed by atoms with Gasteiger partial charge in [-0.3, -0.25) is 4.79 Å². The van der Waals surface area contributed by atoms with Crippen molar-refractivity contribution in [3.63, 3.8) is 0 Å². The van der Waals surface area contributed by atoms with Crippen molar-refractivity contribution in [3.8, 4) is 0 Å². The predicted octanol–water partition coefficient (Wildman–Crippen LogP) is 3.42. The van der Waals surface area contributed by atoms with E-state index in [9.17, 15) is 18.0 Å². The molecule has 0 unspecified atom stereocenters. The lowest BCUT2D eigenvalue weighted by atomic mass is 10.1. The van der Waals surface area contributed by atoms with Crippen LogP contribution in [0, 0.1) is 24.4 Å². The number of carbonyl (C=O) groups is 1. The highest BCUT2D eigenvalue weighted by Gasteiger charge is 2.20. The Balaban J connectivity index is 1.88. The third kappa shape index (κ3) is 3.83. The second-order valence-corrected chi connectivity index (χ2v) is 6.49. The summed E-state index contributed by atoms with van der Waals surface area (Å²) >= 11 is 0. The van der Waals surface area contributed by atoms with Gasteiger partial charge in [0.25, 0.3) is 5.91 Å². The fourth-order valence-electron chi connectivity index (χ4n) is 2.95. The molecule has 1 N–H and O–H groups in total. The molecule has 2 aromatic carbocycles. The van der Waals surface area contributed by atoms with Crippen molar-refractivity contribution in [2.45, 2.75) is 6.92 Å². The smallest absolute Gasteiger partial charge is 0.258 e. The lowest BCUT2D eigenvalue weighted by molar-refractivity contribution is 0.102. The Labute approximate surface area is 150 Å².